The second-order valence-corrected chi connectivity index (χ2v) is 6.51. The first-order valence-electron chi connectivity index (χ1n) is 9.72. The Morgan fingerprint density at radius 1 is 0.708 bits per heavy atom. The van der Waals surface area contributed by atoms with E-state index in [0.717, 1.165) is 45.1 Å². The molecule has 1 rings (SSSR count). The Kier molecular flexibility index (Phi) is 11.9. The second kappa shape index (κ2) is 13.1. The summed E-state index contributed by atoms with van der Waals surface area (Å²) in [6, 6.07) is 0. The lowest BCUT2D eigenvalue weighted by molar-refractivity contribution is -0.309. The number of methoxy groups -OCH3 is 1. The minimum Gasteiger partial charge on any atom is -0.373 e. The third-order valence-electron chi connectivity index (χ3n) is 4.38. The van der Waals surface area contributed by atoms with Crippen LogP contribution < -0.4 is 0 Å². The maximum absolute atomic E-state index is 6.20. The van der Waals surface area contributed by atoms with Crippen LogP contribution in [0.25, 0.3) is 0 Å². The summed E-state index contributed by atoms with van der Waals surface area (Å²) in [4.78, 5) is 0. The van der Waals surface area contributed by atoms with Crippen molar-refractivity contribution in [1.29, 1.82) is 0 Å². The van der Waals surface area contributed by atoms with Gasteiger partial charge in [-0.3, -0.25) is 0 Å². The molecule has 0 amide bonds. The standard InChI is InChI=1S/C19H38O5/c1-6-9-12-21-16-15(4)24-19(20-5)18(23-14-11-8-3)17(16)22-13-10-7-2/h15-19H,6-14H2,1-5H3. The van der Waals surface area contributed by atoms with Crippen LogP contribution in [0.4, 0.5) is 0 Å². The number of unbranched alkanes of at least 4 members (excludes halogenated alkanes) is 3. The molecule has 5 atom stereocenters. The summed E-state index contributed by atoms with van der Waals surface area (Å²) in [7, 11) is 1.66. The summed E-state index contributed by atoms with van der Waals surface area (Å²) in [5.41, 5.74) is 0. The predicted octanol–water partition coefficient (Wildman–Crippen LogP) is 3.93. The first-order chi connectivity index (χ1) is 11.7. The SMILES string of the molecule is CCCCOC1C(C)OC(OC)C(OCCCC)C1OCCCC. The average molecular weight is 347 g/mol. The monoisotopic (exact) mass is 346 g/mol. The molecule has 5 heteroatoms. The van der Waals surface area contributed by atoms with Gasteiger partial charge in [-0.25, -0.2) is 0 Å². The Balaban J connectivity index is 2.79. The summed E-state index contributed by atoms with van der Waals surface area (Å²) in [5, 5.41) is 0. The molecular weight excluding hydrogens is 308 g/mol. The van der Waals surface area contributed by atoms with Crippen LogP contribution in [0.3, 0.4) is 0 Å². The van der Waals surface area contributed by atoms with Gasteiger partial charge in [0.05, 0.1) is 6.10 Å². The van der Waals surface area contributed by atoms with E-state index < -0.39 is 6.29 Å². The molecule has 0 aromatic rings. The lowest BCUT2D eigenvalue weighted by atomic mass is 9.98. The number of hydrogen-bond acceptors (Lipinski definition) is 5. The predicted molar refractivity (Wildman–Crippen MR) is 95.3 cm³/mol. The van der Waals surface area contributed by atoms with Crippen LogP contribution >= 0.6 is 0 Å². The van der Waals surface area contributed by atoms with Crippen molar-refractivity contribution in [2.24, 2.45) is 0 Å². The smallest absolute Gasteiger partial charge is 0.186 e. The topological polar surface area (TPSA) is 46.2 Å². The third-order valence-corrected chi connectivity index (χ3v) is 4.38. The normalized spacial score (nSPS) is 30.6. The van der Waals surface area contributed by atoms with Gasteiger partial charge in [-0.2, -0.15) is 0 Å². The van der Waals surface area contributed by atoms with E-state index in [9.17, 15) is 0 Å². The Bertz CT molecular complexity index is 299. The minimum absolute atomic E-state index is 0.0792. The van der Waals surface area contributed by atoms with Crippen molar-refractivity contribution in [2.75, 3.05) is 26.9 Å². The number of hydrogen-bond donors (Lipinski definition) is 0. The minimum atomic E-state index is -0.408. The molecule has 1 aliphatic rings. The molecule has 1 fully saturated rings. The van der Waals surface area contributed by atoms with Crippen molar-refractivity contribution in [1.82, 2.24) is 0 Å². The quantitative estimate of drug-likeness (QED) is 0.473. The molecule has 1 heterocycles. The fourth-order valence-corrected chi connectivity index (χ4v) is 2.85. The van der Waals surface area contributed by atoms with Gasteiger partial charge in [-0.05, 0) is 26.2 Å². The molecule has 0 aromatic heterocycles. The molecule has 0 radical (unpaired) electrons. The zero-order valence-electron chi connectivity index (χ0n) is 16.3. The Morgan fingerprint density at radius 3 is 1.62 bits per heavy atom. The van der Waals surface area contributed by atoms with Crippen molar-refractivity contribution in [2.45, 2.75) is 96.9 Å². The highest BCUT2D eigenvalue weighted by molar-refractivity contribution is 4.91. The van der Waals surface area contributed by atoms with Crippen LogP contribution in [0, 0.1) is 0 Å². The van der Waals surface area contributed by atoms with Crippen LogP contribution in [0.5, 0.6) is 0 Å². The molecule has 0 N–H and O–H groups in total. The van der Waals surface area contributed by atoms with E-state index >= 15 is 0 Å². The van der Waals surface area contributed by atoms with Gasteiger partial charge in [0.2, 0.25) is 0 Å². The van der Waals surface area contributed by atoms with Gasteiger partial charge in [0.25, 0.3) is 0 Å². The van der Waals surface area contributed by atoms with Gasteiger partial charge in [0, 0.05) is 26.9 Å². The summed E-state index contributed by atoms with van der Waals surface area (Å²) in [6.45, 7) is 10.6. The van der Waals surface area contributed by atoms with Crippen LogP contribution in [0.1, 0.15) is 66.2 Å². The first kappa shape index (κ1) is 21.8. The van der Waals surface area contributed by atoms with Crippen molar-refractivity contribution in [3.63, 3.8) is 0 Å². The van der Waals surface area contributed by atoms with Gasteiger partial charge in [-0.1, -0.05) is 40.0 Å². The van der Waals surface area contributed by atoms with E-state index in [-0.39, 0.29) is 24.4 Å². The van der Waals surface area contributed by atoms with Gasteiger partial charge < -0.3 is 23.7 Å². The highest BCUT2D eigenvalue weighted by atomic mass is 16.7. The molecule has 24 heavy (non-hydrogen) atoms. The molecule has 0 saturated carbocycles. The zero-order valence-corrected chi connectivity index (χ0v) is 16.3. The number of rotatable bonds is 13. The van der Waals surface area contributed by atoms with E-state index in [2.05, 4.69) is 20.8 Å². The highest BCUT2D eigenvalue weighted by Gasteiger charge is 2.46. The van der Waals surface area contributed by atoms with Gasteiger partial charge >= 0.3 is 0 Å². The Labute approximate surface area is 148 Å². The molecule has 0 aliphatic carbocycles. The van der Waals surface area contributed by atoms with Crippen LogP contribution in [0.15, 0.2) is 0 Å². The summed E-state index contributed by atoms with van der Waals surface area (Å²) >= 11 is 0. The van der Waals surface area contributed by atoms with E-state index in [4.69, 9.17) is 23.7 Å². The van der Waals surface area contributed by atoms with Crippen molar-refractivity contribution in [3.05, 3.63) is 0 Å². The molecule has 1 aliphatic heterocycles. The lowest BCUT2D eigenvalue weighted by Crippen LogP contribution is -2.60. The molecule has 0 bridgehead atoms. The van der Waals surface area contributed by atoms with Crippen LogP contribution in [0.2, 0.25) is 0 Å². The molecule has 0 aromatic carbocycles. The molecule has 5 unspecified atom stereocenters. The van der Waals surface area contributed by atoms with E-state index in [1.807, 2.05) is 6.92 Å². The maximum atomic E-state index is 6.20. The van der Waals surface area contributed by atoms with Gasteiger partial charge in [0.15, 0.2) is 6.29 Å². The van der Waals surface area contributed by atoms with Crippen molar-refractivity contribution in [3.8, 4) is 0 Å². The lowest BCUT2D eigenvalue weighted by Gasteiger charge is -2.44. The molecule has 5 nitrogen and oxygen atoms in total. The molecule has 0 spiro atoms. The molecular formula is C19H38O5. The van der Waals surface area contributed by atoms with E-state index in [0.29, 0.717) is 13.2 Å². The average Bonchev–Trinajstić information content (AvgIpc) is 2.58. The number of ether oxygens (including phenoxy) is 5. The van der Waals surface area contributed by atoms with Crippen molar-refractivity contribution < 1.29 is 23.7 Å². The molecule has 1 saturated heterocycles. The highest BCUT2D eigenvalue weighted by Crippen LogP contribution is 2.29. The van der Waals surface area contributed by atoms with Gasteiger partial charge in [0.1, 0.15) is 18.3 Å². The van der Waals surface area contributed by atoms with Crippen LogP contribution in [-0.2, 0) is 23.7 Å². The Morgan fingerprint density at radius 2 is 1.17 bits per heavy atom. The third kappa shape index (κ3) is 6.96. The Hall–Kier alpha value is -0.200. The maximum Gasteiger partial charge on any atom is 0.186 e. The molecule has 144 valence electrons. The van der Waals surface area contributed by atoms with E-state index in [1.165, 1.54) is 0 Å². The fraction of sp³-hybridized carbons (Fsp3) is 1.00. The summed E-state index contributed by atoms with van der Waals surface area (Å²) < 4.78 is 30.0. The van der Waals surface area contributed by atoms with E-state index in [1.54, 1.807) is 7.11 Å². The summed E-state index contributed by atoms with van der Waals surface area (Å²) in [5.74, 6) is 0. The largest absolute Gasteiger partial charge is 0.373 e. The van der Waals surface area contributed by atoms with Gasteiger partial charge in [-0.15, -0.1) is 0 Å². The zero-order chi connectivity index (χ0) is 17.8. The fourth-order valence-electron chi connectivity index (χ4n) is 2.85. The van der Waals surface area contributed by atoms with Crippen LogP contribution in [-0.4, -0.2) is 57.6 Å². The second-order valence-electron chi connectivity index (χ2n) is 6.51. The first-order valence-corrected chi connectivity index (χ1v) is 9.72. The van der Waals surface area contributed by atoms with Crippen molar-refractivity contribution >= 4 is 0 Å². The summed E-state index contributed by atoms with van der Waals surface area (Å²) in [6.07, 6.45) is 5.40.